The Labute approximate surface area is 221 Å². The average molecular weight is 569 g/mol. The molecule has 2 N–H and O–H groups in total. The van der Waals surface area contributed by atoms with Crippen LogP contribution in [0.1, 0.15) is 44.9 Å². The molecule has 9 nitrogen and oxygen atoms in total. The van der Waals surface area contributed by atoms with E-state index in [2.05, 4.69) is 20.7 Å². The first-order valence-electron chi connectivity index (χ1n) is 13.4. The van der Waals surface area contributed by atoms with Crippen LogP contribution in [0, 0.1) is 11.3 Å². The van der Waals surface area contributed by atoms with Crippen LogP contribution < -0.4 is 10.7 Å². The smallest absolute Gasteiger partial charge is 0.333 e. The SMILES string of the molecule is CN(C(=O)C12CN(C1)S(=O)(=O)C2)[C@@H](C1CCC(N2CCCC3C2CNC2CC(Cl)NN23)CC1)C(F)(F)F. The number of amides is 1. The second kappa shape index (κ2) is 9.17. The van der Waals surface area contributed by atoms with Crippen molar-refractivity contribution < 1.29 is 26.4 Å². The monoisotopic (exact) mass is 568 g/mol. The summed E-state index contributed by atoms with van der Waals surface area (Å²) >= 11 is 6.34. The molecule has 7 aliphatic rings. The molecular weight excluding hydrogens is 533 g/mol. The number of nitrogens with zero attached hydrogens (tertiary/aromatic N) is 4. The third kappa shape index (κ3) is 4.40. The summed E-state index contributed by atoms with van der Waals surface area (Å²) < 4.78 is 68.4. The number of hydrogen-bond donors (Lipinski definition) is 2. The quantitative estimate of drug-likeness (QED) is 0.388. The number of nitrogens with one attached hydrogen (secondary N) is 2. The van der Waals surface area contributed by atoms with E-state index in [4.69, 9.17) is 11.6 Å². The molecule has 5 atom stereocenters. The predicted molar refractivity (Wildman–Crippen MR) is 131 cm³/mol. The average Bonchev–Trinajstić information content (AvgIpc) is 3.42. The third-order valence-electron chi connectivity index (χ3n) is 9.76. The zero-order chi connectivity index (χ0) is 26.3. The van der Waals surface area contributed by atoms with Crippen molar-refractivity contribution in [3.05, 3.63) is 0 Å². The van der Waals surface area contributed by atoms with Gasteiger partial charge in [-0.05, 0) is 51.0 Å². The molecule has 0 aromatic heterocycles. The normalized spacial score (nSPS) is 44.5. The molecule has 6 saturated heterocycles. The number of hydrazine groups is 1. The number of fused-ring (bicyclic) bond motifs is 4. The predicted octanol–water partition coefficient (Wildman–Crippen LogP) is 1.12. The summed E-state index contributed by atoms with van der Waals surface area (Å²) in [5.74, 6) is -1.77. The second-order valence-electron chi connectivity index (χ2n) is 12.0. The summed E-state index contributed by atoms with van der Waals surface area (Å²) in [6.45, 7) is 1.79. The topological polar surface area (TPSA) is 88.2 Å². The van der Waals surface area contributed by atoms with E-state index in [1.807, 2.05) is 0 Å². The van der Waals surface area contributed by atoms with E-state index in [-0.39, 0.29) is 42.6 Å². The zero-order valence-corrected chi connectivity index (χ0v) is 22.5. The Morgan fingerprint density at radius 1 is 1.14 bits per heavy atom. The molecule has 1 aliphatic carbocycles. The summed E-state index contributed by atoms with van der Waals surface area (Å²) in [6.07, 6.45) is 0.697. The molecule has 2 bridgehead atoms. The van der Waals surface area contributed by atoms with Crippen LogP contribution in [0.15, 0.2) is 0 Å². The van der Waals surface area contributed by atoms with E-state index in [0.717, 1.165) is 37.3 Å². The number of likely N-dealkylation sites (tertiary alicyclic amines) is 1. The fourth-order valence-electron chi connectivity index (χ4n) is 8.08. The van der Waals surface area contributed by atoms with Gasteiger partial charge in [-0.3, -0.25) is 15.0 Å². The molecule has 210 valence electrons. The van der Waals surface area contributed by atoms with Crippen LogP contribution in [0.2, 0.25) is 0 Å². The molecule has 4 unspecified atom stereocenters. The highest BCUT2D eigenvalue weighted by Gasteiger charge is 2.65. The standard InChI is InChI=1S/C23H36ClF3N6O3S/c1-30(21(34)22-11-31(12-22)37(35,36)13-22)20(23(25,26)27)14-4-6-15(7-5-14)32-8-2-3-16-17(32)10-28-19-9-18(24)29-33(16)19/h14-20,28-29H,2-13H2,1H3/t14?,15?,16?,17?,18?,19?,20-/m0/s1. The van der Waals surface area contributed by atoms with Crippen molar-refractivity contribution in [3.8, 4) is 0 Å². The van der Waals surface area contributed by atoms with Gasteiger partial charge < -0.3 is 4.90 Å². The van der Waals surface area contributed by atoms with Crippen LogP contribution in [0.3, 0.4) is 0 Å². The molecular formula is C23H36ClF3N6O3S. The first-order valence-corrected chi connectivity index (χ1v) is 15.4. The number of sulfonamides is 1. The summed E-state index contributed by atoms with van der Waals surface area (Å²) in [5.41, 5.74) is 2.06. The molecule has 1 amide bonds. The number of rotatable bonds is 4. The number of piperidine rings is 1. The molecule has 6 aliphatic heterocycles. The van der Waals surface area contributed by atoms with Gasteiger partial charge in [-0.15, -0.1) is 11.6 Å². The number of alkyl halides is 4. The number of halogens is 4. The van der Waals surface area contributed by atoms with Gasteiger partial charge in [0.25, 0.3) is 0 Å². The molecule has 0 radical (unpaired) electrons. The van der Waals surface area contributed by atoms with E-state index in [9.17, 15) is 26.4 Å². The van der Waals surface area contributed by atoms with Crippen molar-refractivity contribution in [1.29, 1.82) is 0 Å². The number of carbonyl (C=O) groups excluding carboxylic acids is 1. The Balaban J connectivity index is 1.12. The lowest BCUT2D eigenvalue weighted by atomic mass is 9.77. The van der Waals surface area contributed by atoms with E-state index in [1.165, 1.54) is 11.4 Å². The Morgan fingerprint density at radius 3 is 2.46 bits per heavy atom. The summed E-state index contributed by atoms with van der Waals surface area (Å²) in [5, 5.41) is 5.85. The Kier molecular flexibility index (Phi) is 6.57. The lowest BCUT2D eigenvalue weighted by Gasteiger charge is -2.53. The van der Waals surface area contributed by atoms with Gasteiger partial charge in [0.2, 0.25) is 15.9 Å². The number of hydrogen-bond acceptors (Lipinski definition) is 7. The van der Waals surface area contributed by atoms with Crippen molar-refractivity contribution >= 4 is 27.5 Å². The third-order valence-corrected chi connectivity index (χ3v) is 12.0. The van der Waals surface area contributed by atoms with Gasteiger partial charge in [0.05, 0.1) is 22.8 Å². The van der Waals surface area contributed by atoms with Crippen molar-refractivity contribution in [2.24, 2.45) is 11.3 Å². The maximum absolute atomic E-state index is 14.4. The van der Waals surface area contributed by atoms with Crippen LogP contribution in [-0.4, -0.2) is 114 Å². The highest BCUT2D eigenvalue weighted by atomic mass is 35.5. The van der Waals surface area contributed by atoms with Crippen molar-refractivity contribution in [1.82, 2.24) is 29.9 Å². The van der Waals surface area contributed by atoms with Gasteiger partial charge in [0.1, 0.15) is 6.04 Å². The molecule has 1 saturated carbocycles. The van der Waals surface area contributed by atoms with Crippen LogP contribution >= 0.6 is 11.6 Å². The van der Waals surface area contributed by atoms with Gasteiger partial charge in [0.15, 0.2) is 0 Å². The van der Waals surface area contributed by atoms with Crippen molar-refractivity contribution in [2.75, 3.05) is 39.0 Å². The Hall–Kier alpha value is -0.700. The zero-order valence-electron chi connectivity index (χ0n) is 21.0. The molecule has 7 fully saturated rings. The first-order chi connectivity index (χ1) is 17.4. The van der Waals surface area contributed by atoms with Gasteiger partial charge in [-0.1, -0.05) is 0 Å². The maximum Gasteiger partial charge on any atom is 0.409 e. The molecule has 37 heavy (non-hydrogen) atoms. The van der Waals surface area contributed by atoms with Crippen molar-refractivity contribution in [3.63, 3.8) is 0 Å². The number of carbonyl (C=O) groups is 1. The first kappa shape index (κ1) is 26.5. The molecule has 14 heteroatoms. The fourth-order valence-corrected chi connectivity index (χ4v) is 10.4. The minimum atomic E-state index is -4.57. The van der Waals surface area contributed by atoms with E-state index < -0.39 is 39.5 Å². The summed E-state index contributed by atoms with van der Waals surface area (Å²) in [4.78, 5) is 16.5. The lowest BCUT2D eigenvalue weighted by Crippen LogP contribution is -2.70. The molecule has 6 heterocycles. The largest absolute Gasteiger partial charge is 0.409 e. The molecule has 0 aromatic carbocycles. The second-order valence-corrected chi connectivity index (χ2v) is 14.4. The maximum atomic E-state index is 14.4. The molecule has 0 spiro atoms. The van der Waals surface area contributed by atoms with E-state index >= 15 is 0 Å². The van der Waals surface area contributed by atoms with Gasteiger partial charge >= 0.3 is 6.18 Å². The van der Waals surface area contributed by atoms with Gasteiger partial charge in [0, 0.05) is 51.2 Å². The Morgan fingerprint density at radius 2 is 1.84 bits per heavy atom. The van der Waals surface area contributed by atoms with E-state index in [0.29, 0.717) is 31.7 Å². The Bertz CT molecular complexity index is 1020. The molecule has 0 aromatic rings. The van der Waals surface area contributed by atoms with Gasteiger partial charge in [-0.25, -0.2) is 18.9 Å². The lowest BCUT2D eigenvalue weighted by molar-refractivity contribution is -0.206. The molecule has 7 rings (SSSR count). The highest BCUT2D eigenvalue weighted by Crippen LogP contribution is 2.47. The minimum absolute atomic E-state index is 0.00142. The van der Waals surface area contributed by atoms with Crippen LogP contribution in [0.5, 0.6) is 0 Å². The van der Waals surface area contributed by atoms with Crippen LogP contribution in [0.25, 0.3) is 0 Å². The van der Waals surface area contributed by atoms with Crippen molar-refractivity contribution in [2.45, 2.75) is 87.0 Å². The summed E-state index contributed by atoms with van der Waals surface area (Å²) in [7, 11) is -2.32. The fraction of sp³-hybridized carbons (Fsp3) is 0.957. The van der Waals surface area contributed by atoms with Crippen LogP contribution in [0.4, 0.5) is 13.2 Å². The summed E-state index contributed by atoms with van der Waals surface area (Å²) in [6, 6.07) is -1.07. The highest BCUT2D eigenvalue weighted by molar-refractivity contribution is 7.89. The minimum Gasteiger partial charge on any atom is -0.333 e. The van der Waals surface area contributed by atoms with Gasteiger partial charge in [-0.2, -0.15) is 17.5 Å². The van der Waals surface area contributed by atoms with Crippen LogP contribution in [-0.2, 0) is 14.8 Å². The van der Waals surface area contributed by atoms with E-state index in [1.54, 1.807) is 0 Å².